The van der Waals surface area contributed by atoms with E-state index in [0.29, 0.717) is 17.3 Å². The van der Waals surface area contributed by atoms with Gasteiger partial charge in [-0.2, -0.15) is 0 Å². The van der Waals surface area contributed by atoms with Gasteiger partial charge in [0.15, 0.2) is 5.11 Å². The lowest BCUT2D eigenvalue weighted by atomic mass is 10.2. The molecule has 0 amide bonds. The van der Waals surface area contributed by atoms with Gasteiger partial charge in [-0.1, -0.05) is 30.3 Å². The molecular weight excluding hydrogens is 328 g/mol. The molecule has 2 N–H and O–H groups in total. The van der Waals surface area contributed by atoms with Crippen LogP contribution in [0, 0.1) is 11.6 Å². The Labute approximate surface area is 145 Å². The first-order chi connectivity index (χ1) is 11.6. The zero-order valence-corrected chi connectivity index (χ0v) is 14.1. The molecule has 0 spiro atoms. The monoisotopic (exact) mass is 348 g/mol. The minimum Gasteiger partial charge on any atom is -0.338 e. The third kappa shape index (κ3) is 4.07. The molecule has 3 rings (SSSR count). The molecule has 3 nitrogen and oxygen atoms in total. The zero-order valence-electron chi connectivity index (χ0n) is 13.3. The highest BCUT2D eigenvalue weighted by Gasteiger charge is 2.23. The van der Waals surface area contributed by atoms with E-state index in [1.165, 1.54) is 17.0 Å². The van der Waals surface area contributed by atoms with Crippen molar-refractivity contribution in [2.45, 2.75) is 6.54 Å². The Bertz CT molecular complexity index is 715. The molecule has 0 bridgehead atoms. The summed E-state index contributed by atoms with van der Waals surface area (Å²) in [5, 5.41) is 3.50. The van der Waals surface area contributed by atoms with Crippen LogP contribution in [-0.4, -0.2) is 36.2 Å². The normalized spacial score (nSPS) is 15.3. The first kappa shape index (κ1) is 16.8. The Balaban J connectivity index is 1.52. The van der Waals surface area contributed by atoms with Gasteiger partial charge in [0.2, 0.25) is 0 Å². The summed E-state index contributed by atoms with van der Waals surface area (Å²) < 4.78 is 27.4. The highest BCUT2D eigenvalue weighted by Crippen LogP contribution is 2.13. The van der Waals surface area contributed by atoms with Crippen molar-refractivity contribution in [2.24, 2.45) is 0 Å². The molecule has 126 valence electrons. The lowest BCUT2D eigenvalue weighted by molar-refractivity contribution is -0.917. The Hall–Kier alpha value is -2.05. The fraction of sp³-hybridized carbons (Fsp3) is 0.278. The highest BCUT2D eigenvalue weighted by molar-refractivity contribution is 7.80. The topological polar surface area (TPSA) is 19.7 Å². The second kappa shape index (κ2) is 7.68. The van der Waals surface area contributed by atoms with Crippen LogP contribution in [0.2, 0.25) is 0 Å². The molecule has 1 fully saturated rings. The van der Waals surface area contributed by atoms with Crippen LogP contribution < -0.4 is 10.2 Å². The molecule has 1 saturated heterocycles. The van der Waals surface area contributed by atoms with E-state index in [1.807, 2.05) is 17.0 Å². The van der Waals surface area contributed by atoms with Gasteiger partial charge in [-0.15, -0.1) is 0 Å². The fourth-order valence-corrected chi connectivity index (χ4v) is 3.16. The molecule has 0 atom stereocenters. The minimum absolute atomic E-state index is 0.149. The second-order valence-electron chi connectivity index (χ2n) is 5.92. The van der Waals surface area contributed by atoms with Crippen molar-refractivity contribution in [1.82, 2.24) is 4.90 Å². The number of benzene rings is 2. The van der Waals surface area contributed by atoms with E-state index in [-0.39, 0.29) is 11.6 Å². The summed E-state index contributed by atoms with van der Waals surface area (Å²) in [5.41, 5.74) is 1.14. The molecule has 1 aliphatic rings. The van der Waals surface area contributed by atoms with E-state index < -0.39 is 0 Å². The average Bonchev–Trinajstić information content (AvgIpc) is 2.59. The first-order valence-corrected chi connectivity index (χ1v) is 8.42. The van der Waals surface area contributed by atoms with Crippen molar-refractivity contribution >= 4 is 23.0 Å². The van der Waals surface area contributed by atoms with Crippen LogP contribution in [0.5, 0.6) is 0 Å². The predicted molar refractivity (Wildman–Crippen MR) is 95.0 cm³/mol. The van der Waals surface area contributed by atoms with Crippen molar-refractivity contribution < 1.29 is 13.7 Å². The Kier molecular flexibility index (Phi) is 5.37. The highest BCUT2D eigenvalue weighted by atomic mass is 32.1. The standard InChI is InChI=1S/C18H19F2N3S/c19-15-6-2-1-5-14(15)13-22-9-11-23(12-10-22)18(24)21-17-8-4-3-7-16(17)20/h1-8H,9-13H2,(H,21,24)/p+1. The van der Waals surface area contributed by atoms with E-state index >= 15 is 0 Å². The van der Waals surface area contributed by atoms with Gasteiger partial charge in [-0.05, 0) is 30.4 Å². The average molecular weight is 348 g/mol. The number of nitrogens with one attached hydrogen (secondary N) is 2. The smallest absolute Gasteiger partial charge is 0.173 e. The summed E-state index contributed by atoms with van der Waals surface area (Å²) in [6.07, 6.45) is 0. The molecular formula is C18H20F2N3S+. The van der Waals surface area contributed by atoms with Crippen molar-refractivity contribution in [1.29, 1.82) is 0 Å². The number of anilines is 1. The first-order valence-electron chi connectivity index (χ1n) is 8.01. The van der Waals surface area contributed by atoms with Crippen LogP contribution in [-0.2, 0) is 6.54 Å². The summed E-state index contributed by atoms with van der Waals surface area (Å²) in [7, 11) is 0. The van der Waals surface area contributed by atoms with Gasteiger partial charge in [-0.25, -0.2) is 8.78 Å². The fourth-order valence-electron chi connectivity index (χ4n) is 2.87. The van der Waals surface area contributed by atoms with Gasteiger partial charge in [0.05, 0.1) is 31.9 Å². The van der Waals surface area contributed by atoms with Crippen LogP contribution in [0.25, 0.3) is 0 Å². The molecule has 0 aromatic heterocycles. The number of hydrogen-bond acceptors (Lipinski definition) is 1. The zero-order chi connectivity index (χ0) is 16.9. The molecule has 2 aromatic carbocycles. The SMILES string of the molecule is Fc1ccccc1C[NH+]1CCN(C(=S)Nc2ccccc2F)CC1. The molecule has 1 heterocycles. The third-order valence-corrected chi connectivity index (χ3v) is 4.63. The molecule has 1 aliphatic heterocycles. The molecule has 2 aromatic rings. The largest absolute Gasteiger partial charge is 0.338 e. The second-order valence-corrected chi connectivity index (χ2v) is 6.30. The summed E-state index contributed by atoms with van der Waals surface area (Å²) in [6.45, 7) is 3.95. The van der Waals surface area contributed by atoms with Crippen LogP contribution in [0.1, 0.15) is 5.56 Å². The van der Waals surface area contributed by atoms with Gasteiger partial charge in [0.1, 0.15) is 18.2 Å². The number of nitrogens with zero attached hydrogens (tertiary/aromatic N) is 1. The molecule has 0 radical (unpaired) electrons. The van der Waals surface area contributed by atoms with Crippen molar-refractivity contribution in [3.8, 4) is 0 Å². The maximum Gasteiger partial charge on any atom is 0.173 e. The summed E-state index contributed by atoms with van der Waals surface area (Å²) in [5.74, 6) is -0.465. The number of quaternary nitrogens is 1. The van der Waals surface area contributed by atoms with Gasteiger partial charge < -0.3 is 15.1 Å². The quantitative estimate of drug-likeness (QED) is 0.829. The molecule has 0 saturated carbocycles. The number of halogens is 2. The van der Waals surface area contributed by atoms with Gasteiger partial charge in [0.25, 0.3) is 0 Å². The van der Waals surface area contributed by atoms with Crippen molar-refractivity contribution in [3.05, 3.63) is 65.7 Å². The predicted octanol–water partition coefficient (Wildman–Crippen LogP) is 2.06. The lowest BCUT2D eigenvalue weighted by Gasteiger charge is -2.34. The maximum absolute atomic E-state index is 13.7. The Morgan fingerprint density at radius 3 is 2.29 bits per heavy atom. The number of thiocarbonyl (C=S) groups is 1. The van der Waals surface area contributed by atoms with E-state index in [2.05, 4.69) is 5.32 Å². The van der Waals surface area contributed by atoms with Crippen LogP contribution in [0.4, 0.5) is 14.5 Å². The number of piperazine rings is 1. The molecule has 0 aliphatic carbocycles. The number of rotatable bonds is 3. The summed E-state index contributed by atoms with van der Waals surface area (Å²) in [4.78, 5) is 3.36. The number of hydrogen-bond donors (Lipinski definition) is 2. The Morgan fingerprint density at radius 2 is 1.62 bits per heavy atom. The van der Waals surface area contributed by atoms with Gasteiger partial charge in [-0.3, -0.25) is 0 Å². The third-order valence-electron chi connectivity index (χ3n) is 4.27. The molecule has 24 heavy (non-hydrogen) atoms. The van der Waals surface area contributed by atoms with E-state index in [0.717, 1.165) is 31.7 Å². The summed E-state index contributed by atoms with van der Waals surface area (Å²) in [6, 6.07) is 13.4. The van der Waals surface area contributed by atoms with E-state index in [4.69, 9.17) is 12.2 Å². The van der Waals surface area contributed by atoms with E-state index in [9.17, 15) is 8.78 Å². The van der Waals surface area contributed by atoms with Crippen molar-refractivity contribution in [2.75, 3.05) is 31.5 Å². The summed E-state index contributed by atoms with van der Waals surface area (Å²) >= 11 is 5.38. The van der Waals surface area contributed by atoms with Gasteiger partial charge in [0, 0.05) is 5.56 Å². The van der Waals surface area contributed by atoms with E-state index in [1.54, 1.807) is 24.3 Å². The Morgan fingerprint density at radius 1 is 1.00 bits per heavy atom. The van der Waals surface area contributed by atoms with Crippen LogP contribution in [0.15, 0.2) is 48.5 Å². The van der Waals surface area contributed by atoms with Crippen LogP contribution >= 0.6 is 12.2 Å². The molecule has 0 unspecified atom stereocenters. The number of para-hydroxylation sites is 1. The molecule has 6 heteroatoms. The van der Waals surface area contributed by atoms with Gasteiger partial charge >= 0.3 is 0 Å². The van der Waals surface area contributed by atoms with Crippen molar-refractivity contribution in [3.63, 3.8) is 0 Å². The van der Waals surface area contributed by atoms with Crippen LogP contribution in [0.3, 0.4) is 0 Å². The maximum atomic E-state index is 13.7. The lowest BCUT2D eigenvalue weighted by Crippen LogP contribution is -3.13. The minimum atomic E-state index is -0.316.